The number of carbonyl (C=O) groups excluding carboxylic acids is 1. The molecule has 0 aliphatic heterocycles. The van der Waals surface area contributed by atoms with Crippen LogP contribution in [-0.4, -0.2) is 45.2 Å². The first-order chi connectivity index (χ1) is 12.1. The minimum Gasteiger partial charge on any atom is -0.337 e. The number of rotatable bonds is 6. The molecule has 0 saturated carbocycles. The molecule has 2 N–H and O–H groups in total. The van der Waals surface area contributed by atoms with Crippen LogP contribution in [0.5, 0.6) is 0 Å². The van der Waals surface area contributed by atoms with Crippen LogP contribution in [0.3, 0.4) is 0 Å². The molecular formula is C19H23N5O. The van der Waals surface area contributed by atoms with Gasteiger partial charge in [-0.15, -0.1) is 0 Å². The summed E-state index contributed by atoms with van der Waals surface area (Å²) < 4.78 is 1.69. The smallest absolute Gasteiger partial charge is 0.254 e. The van der Waals surface area contributed by atoms with Crippen LogP contribution in [0.1, 0.15) is 21.6 Å². The van der Waals surface area contributed by atoms with Gasteiger partial charge in [0.25, 0.3) is 5.91 Å². The largest absolute Gasteiger partial charge is 0.337 e. The highest BCUT2D eigenvalue weighted by Gasteiger charge is 2.20. The molecule has 0 aliphatic rings. The van der Waals surface area contributed by atoms with Gasteiger partial charge in [0.05, 0.1) is 17.1 Å². The molecule has 130 valence electrons. The van der Waals surface area contributed by atoms with Crippen LogP contribution in [0.25, 0.3) is 11.0 Å². The minimum atomic E-state index is -0.0233. The van der Waals surface area contributed by atoms with Gasteiger partial charge in [-0.1, -0.05) is 30.3 Å². The van der Waals surface area contributed by atoms with E-state index in [1.807, 2.05) is 43.1 Å². The predicted octanol–water partition coefficient (Wildman–Crippen LogP) is 1.92. The Balaban J connectivity index is 1.88. The molecule has 0 unspecified atom stereocenters. The molecule has 2 heterocycles. The number of hydrogen-bond acceptors (Lipinski definition) is 4. The normalized spacial score (nSPS) is 11.0. The van der Waals surface area contributed by atoms with E-state index in [9.17, 15) is 4.79 Å². The van der Waals surface area contributed by atoms with Gasteiger partial charge in [0.15, 0.2) is 5.65 Å². The number of pyridine rings is 1. The predicted molar refractivity (Wildman–Crippen MR) is 98.3 cm³/mol. The van der Waals surface area contributed by atoms with Crippen molar-refractivity contribution in [3.8, 4) is 0 Å². The summed E-state index contributed by atoms with van der Waals surface area (Å²) in [5.74, 6) is -0.0233. The Morgan fingerprint density at radius 3 is 2.72 bits per heavy atom. The number of aryl methyl sites for hydroxylation is 2. The van der Waals surface area contributed by atoms with Crippen molar-refractivity contribution >= 4 is 16.9 Å². The molecule has 0 spiro atoms. The van der Waals surface area contributed by atoms with Crippen LogP contribution in [0, 0.1) is 6.92 Å². The van der Waals surface area contributed by atoms with E-state index in [4.69, 9.17) is 5.73 Å². The minimum absolute atomic E-state index is 0.0233. The fraction of sp³-hybridized carbons (Fsp3) is 0.316. The van der Waals surface area contributed by atoms with Crippen molar-refractivity contribution in [2.75, 3.05) is 19.6 Å². The number of aromatic nitrogens is 3. The van der Waals surface area contributed by atoms with Gasteiger partial charge in [-0.3, -0.25) is 9.48 Å². The number of nitrogens with two attached hydrogens (primary N) is 1. The lowest BCUT2D eigenvalue weighted by atomic mass is 10.1. The molecule has 1 amide bonds. The average Bonchev–Trinajstić information content (AvgIpc) is 2.99. The van der Waals surface area contributed by atoms with Crippen molar-refractivity contribution in [3.05, 3.63) is 59.4 Å². The van der Waals surface area contributed by atoms with E-state index in [0.29, 0.717) is 25.2 Å². The summed E-state index contributed by atoms with van der Waals surface area (Å²) in [6, 6.07) is 12.0. The van der Waals surface area contributed by atoms with Crippen LogP contribution in [0.2, 0.25) is 0 Å². The molecule has 0 bridgehead atoms. The molecule has 3 aromatic rings. The Morgan fingerprint density at radius 1 is 1.24 bits per heavy atom. The molecule has 0 saturated heterocycles. The quantitative estimate of drug-likeness (QED) is 0.745. The zero-order chi connectivity index (χ0) is 17.8. The van der Waals surface area contributed by atoms with Gasteiger partial charge in [-0.25, -0.2) is 4.98 Å². The number of nitrogens with zero attached hydrogens (tertiary/aromatic N) is 4. The van der Waals surface area contributed by atoms with E-state index in [1.165, 1.54) is 5.56 Å². The van der Waals surface area contributed by atoms with Crippen molar-refractivity contribution in [2.24, 2.45) is 12.8 Å². The Bertz CT molecular complexity index is 872. The van der Waals surface area contributed by atoms with E-state index in [1.54, 1.807) is 10.9 Å². The summed E-state index contributed by atoms with van der Waals surface area (Å²) >= 11 is 0. The molecule has 2 aromatic heterocycles. The lowest BCUT2D eigenvalue weighted by molar-refractivity contribution is 0.0764. The van der Waals surface area contributed by atoms with E-state index < -0.39 is 0 Å². The van der Waals surface area contributed by atoms with Crippen molar-refractivity contribution in [1.29, 1.82) is 0 Å². The Morgan fingerprint density at radius 2 is 2.00 bits per heavy atom. The first-order valence-corrected chi connectivity index (χ1v) is 8.42. The fourth-order valence-electron chi connectivity index (χ4n) is 2.97. The van der Waals surface area contributed by atoms with Gasteiger partial charge in [0.2, 0.25) is 0 Å². The summed E-state index contributed by atoms with van der Waals surface area (Å²) in [4.78, 5) is 19.4. The van der Waals surface area contributed by atoms with Crippen molar-refractivity contribution in [2.45, 2.75) is 13.3 Å². The van der Waals surface area contributed by atoms with E-state index in [0.717, 1.165) is 23.1 Å². The molecule has 0 radical (unpaired) electrons. The topological polar surface area (TPSA) is 77.0 Å². The van der Waals surface area contributed by atoms with Crippen LogP contribution >= 0.6 is 0 Å². The molecule has 0 aliphatic carbocycles. The zero-order valence-electron chi connectivity index (χ0n) is 14.6. The first kappa shape index (κ1) is 17.1. The molecule has 25 heavy (non-hydrogen) atoms. The third-order valence-corrected chi connectivity index (χ3v) is 4.26. The van der Waals surface area contributed by atoms with Gasteiger partial charge in [0.1, 0.15) is 0 Å². The number of hydrogen-bond donors (Lipinski definition) is 1. The summed E-state index contributed by atoms with van der Waals surface area (Å²) in [6.45, 7) is 3.47. The molecular weight excluding hydrogens is 314 g/mol. The third-order valence-electron chi connectivity index (χ3n) is 4.26. The summed E-state index contributed by atoms with van der Waals surface area (Å²) in [6.07, 6.45) is 2.50. The van der Waals surface area contributed by atoms with Crippen LogP contribution in [0.4, 0.5) is 0 Å². The third kappa shape index (κ3) is 3.69. The maximum Gasteiger partial charge on any atom is 0.254 e. The second-order valence-corrected chi connectivity index (χ2v) is 6.13. The maximum atomic E-state index is 13.1. The number of carbonyl (C=O) groups is 1. The molecule has 3 rings (SSSR count). The summed E-state index contributed by atoms with van der Waals surface area (Å²) in [5, 5.41) is 5.02. The summed E-state index contributed by atoms with van der Waals surface area (Å²) in [7, 11) is 1.83. The van der Waals surface area contributed by atoms with Crippen molar-refractivity contribution in [3.63, 3.8) is 0 Å². The standard InChI is InChI=1S/C19H23N5O/c1-14-12-16(17-13-21-23(2)18(17)22-14)19(25)24(11-9-20)10-8-15-6-4-3-5-7-15/h3-7,12-13H,8-11,20H2,1-2H3. The van der Waals surface area contributed by atoms with Crippen LogP contribution in [0.15, 0.2) is 42.6 Å². The lowest BCUT2D eigenvalue weighted by Gasteiger charge is -2.22. The molecule has 0 atom stereocenters. The maximum absolute atomic E-state index is 13.1. The van der Waals surface area contributed by atoms with Gasteiger partial charge >= 0.3 is 0 Å². The van der Waals surface area contributed by atoms with Gasteiger partial charge in [0, 0.05) is 32.4 Å². The fourth-order valence-corrected chi connectivity index (χ4v) is 2.97. The van der Waals surface area contributed by atoms with Gasteiger partial charge < -0.3 is 10.6 Å². The van der Waals surface area contributed by atoms with Gasteiger partial charge in [-0.2, -0.15) is 5.10 Å². The Hall–Kier alpha value is -2.73. The molecule has 6 nitrogen and oxygen atoms in total. The first-order valence-electron chi connectivity index (χ1n) is 8.42. The average molecular weight is 337 g/mol. The highest BCUT2D eigenvalue weighted by atomic mass is 16.2. The highest BCUT2D eigenvalue weighted by Crippen LogP contribution is 2.19. The van der Waals surface area contributed by atoms with Gasteiger partial charge in [-0.05, 0) is 25.0 Å². The number of amides is 1. The lowest BCUT2D eigenvalue weighted by Crippen LogP contribution is -2.37. The zero-order valence-corrected chi connectivity index (χ0v) is 14.6. The molecule has 6 heteroatoms. The van der Waals surface area contributed by atoms with Crippen LogP contribution < -0.4 is 5.73 Å². The highest BCUT2D eigenvalue weighted by molar-refractivity contribution is 6.05. The molecule has 0 fully saturated rings. The molecule has 1 aromatic carbocycles. The Labute approximate surface area is 147 Å². The van der Waals surface area contributed by atoms with E-state index in [2.05, 4.69) is 22.2 Å². The van der Waals surface area contributed by atoms with Crippen molar-refractivity contribution < 1.29 is 4.79 Å². The van der Waals surface area contributed by atoms with E-state index >= 15 is 0 Å². The number of fused-ring (bicyclic) bond motifs is 1. The monoisotopic (exact) mass is 337 g/mol. The van der Waals surface area contributed by atoms with Crippen molar-refractivity contribution in [1.82, 2.24) is 19.7 Å². The SMILES string of the molecule is Cc1cc(C(=O)N(CCN)CCc2ccccc2)c2cnn(C)c2n1. The Kier molecular flexibility index (Phi) is 5.09. The number of benzene rings is 1. The summed E-state index contributed by atoms with van der Waals surface area (Å²) in [5.41, 5.74) is 9.10. The van der Waals surface area contributed by atoms with E-state index in [-0.39, 0.29) is 5.91 Å². The second-order valence-electron chi connectivity index (χ2n) is 6.13. The van der Waals surface area contributed by atoms with Crippen LogP contribution in [-0.2, 0) is 13.5 Å². The second kappa shape index (κ2) is 7.44.